The van der Waals surface area contributed by atoms with E-state index >= 15 is 0 Å². The lowest BCUT2D eigenvalue weighted by atomic mass is 10.2. The average molecular weight is 298 g/mol. The summed E-state index contributed by atoms with van der Waals surface area (Å²) in [6, 6.07) is 2.60. The van der Waals surface area contributed by atoms with Gasteiger partial charge in [-0.2, -0.15) is 0 Å². The molecule has 2 rings (SSSR count). The van der Waals surface area contributed by atoms with Crippen LogP contribution in [-0.2, 0) is 9.53 Å². The summed E-state index contributed by atoms with van der Waals surface area (Å²) < 4.78 is 18.6. The highest BCUT2D eigenvalue weighted by molar-refractivity contribution is 7.99. The van der Waals surface area contributed by atoms with E-state index in [1.54, 1.807) is 6.92 Å². The van der Waals surface area contributed by atoms with Crippen LogP contribution in [-0.4, -0.2) is 39.4 Å². The summed E-state index contributed by atoms with van der Waals surface area (Å²) in [6.45, 7) is 1.99. The number of carbonyl (C=O) groups excluding carboxylic acids is 1. The maximum Gasteiger partial charge on any atom is 0.338 e. The van der Waals surface area contributed by atoms with Gasteiger partial charge in [0.25, 0.3) is 0 Å². The van der Waals surface area contributed by atoms with E-state index in [2.05, 4.69) is 9.97 Å². The SMILES string of the molecule is CCOC(=O)CSc1nc2c(F)c(C(=O)O)ccc2[nH]1. The van der Waals surface area contributed by atoms with Crippen molar-refractivity contribution in [1.29, 1.82) is 0 Å². The highest BCUT2D eigenvalue weighted by Gasteiger charge is 2.17. The lowest BCUT2D eigenvalue weighted by Gasteiger charge is -1.98. The van der Waals surface area contributed by atoms with Crippen LogP contribution in [0.4, 0.5) is 4.39 Å². The molecule has 0 atom stereocenters. The number of H-pyrrole nitrogens is 1. The zero-order valence-electron chi connectivity index (χ0n) is 10.5. The van der Waals surface area contributed by atoms with Gasteiger partial charge in [-0.3, -0.25) is 4.79 Å². The number of nitrogens with zero attached hydrogens (tertiary/aromatic N) is 1. The molecule has 6 nitrogen and oxygen atoms in total. The second kappa shape index (κ2) is 5.91. The number of aromatic carboxylic acids is 1. The van der Waals surface area contributed by atoms with E-state index in [4.69, 9.17) is 9.84 Å². The second-order valence-corrected chi connectivity index (χ2v) is 4.73. The number of esters is 1. The fraction of sp³-hybridized carbons (Fsp3) is 0.250. The number of hydrogen-bond acceptors (Lipinski definition) is 5. The Balaban J connectivity index is 2.23. The largest absolute Gasteiger partial charge is 0.478 e. The molecule has 0 spiro atoms. The molecule has 1 heterocycles. The van der Waals surface area contributed by atoms with E-state index in [0.717, 1.165) is 17.8 Å². The molecule has 106 valence electrons. The number of thioether (sulfide) groups is 1. The summed E-state index contributed by atoms with van der Waals surface area (Å²) in [5.41, 5.74) is -0.124. The molecule has 20 heavy (non-hydrogen) atoms. The number of fused-ring (bicyclic) bond motifs is 1. The molecule has 1 aromatic heterocycles. The minimum atomic E-state index is -1.35. The van der Waals surface area contributed by atoms with E-state index < -0.39 is 23.3 Å². The monoisotopic (exact) mass is 298 g/mol. The highest BCUT2D eigenvalue weighted by Crippen LogP contribution is 2.23. The maximum atomic E-state index is 13.9. The number of carboxylic acid groups (broad SMARTS) is 1. The van der Waals surface area contributed by atoms with Gasteiger partial charge in [0.05, 0.1) is 23.4 Å². The first-order chi connectivity index (χ1) is 9.52. The minimum absolute atomic E-state index is 0.0427. The predicted octanol–water partition coefficient (Wildman–Crippen LogP) is 2.06. The van der Waals surface area contributed by atoms with Gasteiger partial charge in [0.1, 0.15) is 5.52 Å². The predicted molar refractivity (Wildman–Crippen MR) is 70.4 cm³/mol. The Labute approximate surface area is 117 Å². The molecule has 0 bridgehead atoms. The van der Waals surface area contributed by atoms with Crippen LogP contribution in [0.1, 0.15) is 17.3 Å². The number of hydrogen-bond donors (Lipinski definition) is 2. The Morgan fingerprint density at radius 3 is 2.90 bits per heavy atom. The summed E-state index contributed by atoms with van der Waals surface area (Å²) in [5, 5.41) is 9.15. The first kappa shape index (κ1) is 14.3. The van der Waals surface area contributed by atoms with E-state index in [1.165, 1.54) is 6.07 Å². The molecule has 2 aromatic rings. The van der Waals surface area contributed by atoms with Crippen molar-refractivity contribution in [3.8, 4) is 0 Å². The quantitative estimate of drug-likeness (QED) is 0.648. The molecular weight excluding hydrogens is 287 g/mol. The Hall–Kier alpha value is -2.09. The molecule has 0 unspecified atom stereocenters. The standard InChI is InChI=1S/C12H11FN2O4S/c1-2-19-8(16)5-20-12-14-7-4-3-6(11(17)18)9(13)10(7)15-12/h3-4H,2,5H2,1H3,(H,14,15)(H,17,18). The van der Waals surface area contributed by atoms with Gasteiger partial charge >= 0.3 is 11.9 Å². The van der Waals surface area contributed by atoms with Crippen molar-refractivity contribution in [2.24, 2.45) is 0 Å². The maximum absolute atomic E-state index is 13.9. The molecule has 1 aromatic carbocycles. The molecule has 8 heteroatoms. The molecule has 0 radical (unpaired) electrons. The summed E-state index contributed by atoms with van der Waals surface area (Å²) in [4.78, 5) is 28.8. The van der Waals surface area contributed by atoms with Gasteiger partial charge in [-0.05, 0) is 19.1 Å². The van der Waals surface area contributed by atoms with Crippen molar-refractivity contribution >= 4 is 34.7 Å². The van der Waals surface area contributed by atoms with Crippen molar-refractivity contribution in [2.75, 3.05) is 12.4 Å². The number of aromatic nitrogens is 2. The number of carboxylic acids is 1. The summed E-state index contributed by atoms with van der Waals surface area (Å²) >= 11 is 1.06. The first-order valence-electron chi connectivity index (χ1n) is 5.72. The number of carbonyl (C=O) groups is 2. The number of nitrogens with one attached hydrogen (secondary N) is 1. The molecule has 2 N–H and O–H groups in total. The lowest BCUT2D eigenvalue weighted by Crippen LogP contribution is -2.06. The molecule has 0 amide bonds. The van der Waals surface area contributed by atoms with Crippen LogP contribution < -0.4 is 0 Å². The zero-order chi connectivity index (χ0) is 14.7. The summed E-state index contributed by atoms with van der Waals surface area (Å²) in [5.74, 6) is -2.60. The number of aromatic amines is 1. The topological polar surface area (TPSA) is 92.3 Å². The molecule has 0 aliphatic heterocycles. The third-order valence-corrected chi connectivity index (χ3v) is 3.28. The number of halogens is 1. The van der Waals surface area contributed by atoms with Gasteiger partial charge in [-0.15, -0.1) is 0 Å². The summed E-state index contributed by atoms with van der Waals surface area (Å²) in [7, 11) is 0. The van der Waals surface area contributed by atoms with Crippen molar-refractivity contribution in [2.45, 2.75) is 12.1 Å². The Morgan fingerprint density at radius 1 is 1.50 bits per heavy atom. The lowest BCUT2D eigenvalue weighted by molar-refractivity contribution is -0.139. The smallest absolute Gasteiger partial charge is 0.338 e. The van der Waals surface area contributed by atoms with Crippen molar-refractivity contribution < 1.29 is 23.8 Å². The van der Waals surface area contributed by atoms with Crippen LogP contribution in [0.2, 0.25) is 0 Å². The van der Waals surface area contributed by atoms with Crippen LogP contribution in [0.25, 0.3) is 11.0 Å². The van der Waals surface area contributed by atoms with Crippen molar-refractivity contribution in [3.63, 3.8) is 0 Å². The molecule has 0 fully saturated rings. The van der Waals surface area contributed by atoms with Gasteiger partial charge in [-0.1, -0.05) is 11.8 Å². The van der Waals surface area contributed by atoms with Crippen LogP contribution in [0, 0.1) is 5.82 Å². The third kappa shape index (κ3) is 2.90. The Morgan fingerprint density at radius 2 is 2.25 bits per heavy atom. The minimum Gasteiger partial charge on any atom is -0.478 e. The van der Waals surface area contributed by atoms with Gasteiger partial charge in [0.15, 0.2) is 11.0 Å². The average Bonchev–Trinajstić information content (AvgIpc) is 2.81. The Kier molecular flexibility index (Phi) is 4.23. The van der Waals surface area contributed by atoms with Gasteiger partial charge < -0.3 is 14.8 Å². The normalized spacial score (nSPS) is 10.7. The van der Waals surface area contributed by atoms with Gasteiger partial charge in [-0.25, -0.2) is 14.2 Å². The zero-order valence-corrected chi connectivity index (χ0v) is 11.3. The Bertz CT molecular complexity index is 671. The van der Waals surface area contributed by atoms with E-state index in [1.807, 2.05) is 0 Å². The molecular formula is C12H11FN2O4S. The van der Waals surface area contributed by atoms with Crippen LogP contribution in [0.3, 0.4) is 0 Å². The van der Waals surface area contributed by atoms with E-state index in [9.17, 15) is 14.0 Å². The molecule has 0 aliphatic carbocycles. The number of ether oxygens (including phenoxy) is 1. The molecule has 0 saturated heterocycles. The van der Waals surface area contributed by atoms with Crippen LogP contribution in [0.5, 0.6) is 0 Å². The second-order valence-electron chi connectivity index (χ2n) is 3.76. The molecule has 0 saturated carbocycles. The fourth-order valence-corrected chi connectivity index (χ4v) is 2.26. The summed E-state index contributed by atoms with van der Waals surface area (Å²) in [6.07, 6.45) is 0. The van der Waals surface area contributed by atoms with Crippen LogP contribution >= 0.6 is 11.8 Å². The highest BCUT2D eigenvalue weighted by atomic mass is 32.2. The van der Waals surface area contributed by atoms with Gasteiger partial charge in [0, 0.05) is 0 Å². The van der Waals surface area contributed by atoms with E-state index in [-0.39, 0.29) is 17.9 Å². The number of rotatable bonds is 5. The van der Waals surface area contributed by atoms with Crippen LogP contribution in [0.15, 0.2) is 17.3 Å². The van der Waals surface area contributed by atoms with Gasteiger partial charge in [0.2, 0.25) is 0 Å². The molecule has 0 aliphatic rings. The van der Waals surface area contributed by atoms with Crippen molar-refractivity contribution in [1.82, 2.24) is 9.97 Å². The number of imidazole rings is 1. The van der Waals surface area contributed by atoms with E-state index in [0.29, 0.717) is 10.7 Å². The number of benzene rings is 1. The fourth-order valence-electron chi connectivity index (χ4n) is 1.58. The first-order valence-corrected chi connectivity index (χ1v) is 6.71. The third-order valence-electron chi connectivity index (χ3n) is 2.43. The van der Waals surface area contributed by atoms with Crippen molar-refractivity contribution in [3.05, 3.63) is 23.5 Å².